The van der Waals surface area contributed by atoms with E-state index in [9.17, 15) is 14.9 Å². The van der Waals surface area contributed by atoms with E-state index in [1.54, 1.807) is 26.3 Å². The molecule has 1 aromatic rings. The number of hydrogen-bond donors (Lipinski definition) is 0. The van der Waals surface area contributed by atoms with Crippen LogP contribution in [0.4, 0.5) is 11.4 Å². The molecule has 1 rings (SSSR count). The summed E-state index contributed by atoms with van der Waals surface area (Å²) in [4.78, 5) is 23.7. The predicted octanol–water partition coefficient (Wildman–Crippen LogP) is 2.25. The highest BCUT2D eigenvalue weighted by Gasteiger charge is 2.17. The summed E-state index contributed by atoms with van der Waals surface area (Å²) >= 11 is 0. The Morgan fingerprint density at radius 2 is 2.14 bits per heavy atom. The van der Waals surface area contributed by atoms with Crippen molar-refractivity contribution >= 4 is 23.4 Å². The van der Waals surface area contributed by atoms with Crippen LogP contribution >= 0.6 is 0 Å². The Morgan fingerprint density at radius 1 is 1.41 bits per heavy atom. The summed E-state index contributed by atoms with van der Waals surface area (Å²) in [5.41, 5.74) is 1.08. The second-order valence-electron chi connectivity index (χ2n) is 4.63. The van der Waals surface area contributed by atoms with Crippen molar-refractivity contribution in [2.75, 3.05) is 39.3 Å². The van der Waals surface area contributed by atoms with Gasteiger partial charge in [0.05, 0.1) is 12.0 Å². The van der Waals surface area contributed by atoms with Gasteiger partial charge in [-0.05, 0) is 24.1 Å². The van der Waals surface area contributed by atoms with Crippen LogP contribution in [0, 0.1) is 10.1 Å². The lowest BCUT2D eigenvalue weighted by Gasteiger charge is -2.19. The molecular weight excluding hydrogens is 288 g/mol. The molecule has 0 unspecified atom stereocenters. The van der Waals surface area contributed by atoms with Gasteiger partial charge < -0.3 is 14.4 Å². The van der Waals surface area contributed by atoms with Crippen molar-refractivity contribution in [3.63, 3.8) is 0 Å². The third kappa shape index (κ3) is 5.17. The van der Waals surface area contributed by atoms with E-state index >= 15 is 0 Å². The van der Waals surface area contributed by atoms with Crippen LogP contribution in [-0.2, 0) is 14.3 Å². The van der Waals surface area contributed by atoms with Crippen molar-refractivity contribution < 1.29 is 19.2 Å². The number of ether oxygens (including phenoxy) is 2. The average molecular weight is 308 g/mol. The van der Waals surface area contributed by atoms with Gasteiger partial charge in [-0.1, -0.05) is 6.07 Å². The number of nitrogens with zero attached hydrogens (tertiary/aromatic N) is 2. The van der Waals surface area contributed by atoms with E-state index in [1.165, 1.54) is 25.3 Å². The molecule has 0 heterocycles. The molecule has 7 nitrogen and oxygen atoms in total. The molecule has 0 fully saturated rings. The molecule has 1 aromatic carbocycles. The van der Waals surface area contributed by atoms with Crippen molar-refractivity contribution in [2.24, 2.45) is 0 Å². The van der Waals surface area contributed by atoms with Crippen LogP contribution in [0.1, 0.15) is 12.0 Å². The number of benzene rings is 1. The lowest BCUT2D eigenvalue weighted by atomic mass is 10.1. The zero-order chi connectivity index (χ0) is 16.5. The van der Waals surface area contributed by atoms with Gasteiger partial charge in [-0.15, -0.1) is 0 Å². The SMILES string of the molecule is COCCCN(C)c1ccc(/C=C/C(=O)OC)cc1[N+](=O)[O-]. The van der Waals surface area contributed by atoms with Crippen LogP contribution in [0.2, 0.25) is 0 Å². The maximum atomic E-state index is 11.2. The van der Waals surface area contributed by atoms with Crippen LogP contribution in [-0.4, -0.2) is 45.3 Å². The summed E-state index contributed by atoms with van der Waals surface area (Å²) < 4.78 is 9.46. The van der Waals surface area contributed by atoms with E-state index in [1.807, 2.05) is 4.90 Å². The first kappa shape index (κ1) is 17.6. The van der Waals surface area contributed by atoms with E-state index in [4.69, 9.17) is 4.74 Å². The largest absolute Gasteiger partial charge is 0.466 e. The third-order valence-electron chi connectivity index (χ3n) is 3.06. The van der Waals surface area contributed by atoms with Crippen molar-refractivity contribution in [2.45, 2.75) is 6.42 Å². The minimum Gasteiger partial charge on any atom is -0.466 e. The Balaban J connectivity index is 2.97. The molecule has 0 amide bonds. The Bertz CT molecular complexity index is 557. The number of carbonyl (C=O) groups is 1. The summed E-state index contributed by atoms with van der Waals surface area (Å²) in [5, 5.41) is 11.2. The monoisotopic (exact) mass is 308 g/mol. The molecule has 0 atom stereocenters. The molecular formula is C15H20N2O5. The Kier molecular flexibility index (Phi) is 7.04. The normalized spacial score (nSPS) is 10.7. The van der Waals surface area contributed by atoms with E-state index < -0.39 is 10.9 Å². The molecule has 0 radical (unpaired) electrons. The summed E-state index contributed by atoms with van der Waals surface area (Å²) in [7, 11) is 4.68. The van der Waals surface area contributed by atoms with E-state index in [0.29, 0.717) is 24.4 Å². The molecule has 0 spiro atoms. The minimum atomic E-state index is -0.511. The summed E-state index contributed by atoms with van der Waals surface area (Å²) in [5.74, 6) is -0.511. The van der Waals surface area contributed by atoms with Crippen molar-refractivity contribution in [1.29, 1.82) is 0 Å². The van der Waals surface area contributed by atoms with Gasteiger partial charge in [0.2, 0.25) is 0 Å². The molecule has 0 aromatic heterocycles. The van der Waals surface area contributed by atoms with Gasteiger partial charge in [0.15, 0.2) is 0 Å². The molecule has 0 aliphatic carbocycles. The number of carbonyl (C=O) groups excluding carboxylic acids is 1. The van der Waals surface area contributed by atoms with Crippen LogP contribution in [0.5, 0.6) is 0 Å². The van der Waals surface area contributed by atoms with Gasteiger partial charge >= 0.3 is 5.97 Å². The average Bonchev–Trinajstić information content (AvgIpc) is 2.52. The molecule has 0 aliphatic heterocycles. The van der Waals surface area contributed by atoms with E-state index in [2.05, 4.69) is 4.74 Å². The molecule has 120 valence electrons. The number of hydrogen-bond acceptors (Lipinski definition) is 6. The third-order valence-corrected chi connectivity index (χ3v) is 3.06. The fourth-order valence-electron chi connectivity index (χ4n) is 1.91. The van der Waals surface area contributed by atoms with E-state index in [-0.39, 0.29) is 5.69 Å². The predicted molar refractivity (Wildman–Crippen MR) is 83.9 cm³/mol. The zero-order valence-corrected chi connectivity index (χ0v) is 12.9. The molecule has 0 saturated carbocycles. The van der Waals surface area contributed by atoms with Gasteiger partial charge in [0.25, 0.3) is 5.69 Å². The van der Waals surface area contributed by atoms with Gasteiger partial charge in [0, 0.05) is 39.5 Å². The second-order valence-corrected chi connectivity index (χ2v) is 4.63. The van der Waals surface area contributed by atoms with Crippen LogP contribution < -0.4 is 4.90 Å². The van der Waals surface area contributed by atoms with Crippen LogP contribution in [0.25, 0.3) is 6.08 Å². The van der Waals surface area contributed by atoms with E-state index in [0.717, 1.165) is 6.42 Å². The fourth-order valence-corrected chi connectivity index (χ4v) is 1.91. The standard InChI is InChI=1S/C15H20N2O5/c1-16(9-4-10-21-2)13-7-5-12(6-8-15(18)22-3)11-14(13)17(19)20/h5-8,11H,4,9-10H2,1-3H3/b8-6+. The van der Waals surface area contributed by atoms with Gasteiger partial charge in [-0.25, -0.2) is 4.79 Å². The van der Waals surface area contributed by atoms with Crippen molar-refractivity contribution in [1.82, 2.24) is 0 Å². The Hall–Kier alpha value is -2.41. The van der Waals surface area contributed by atoms with Crippen molar-refractivity contribution in [3.8, 4) is 0 Å². The first-order chi connectivity index (χ1) is 10.5. The first-order valence-electron chi connectivity index (χ1n) is 6.74. The van der Waals surface area contributed by atoms with Gasteiger partial charge in [0.1, 0.15) is 5.69 Å². The first-order valence-corrected chi connectivity index (χ1v) is 6.74. The molecule has 22 heavy (non-hydrogen) atoms. The highest BCUT2D eigenvalue weighted by molar-refractivity contribution is 5.87. The quantitative estimate of drug-likeness (QED) is 0.241. The van der Waals surface area contributed by atoms with Crippen LogP contribution in [0.15, 0.2) is 24.3 Å². The maximum Gasteiger partial charge on any atom is 0.330 e. The number of anilines is 1. The van der Waals surface area contributed by atoms with Crippen molar-refractivity contribution in [3.05, 3.63) is 40.0 Å². The molecule has 7 heteroatoms. The highest BCUT2D eigenvalue weighted by Crippen LogP contribution is 2.29. The Morgan fingerprint density at radius 3 is 2.73 bits per heavy atom. The molecule has 0 aliphatic rings. The lowest BCUT2D eigenvalue weighted by molar-refractivity contribution is -0.384. The van der Waals surface area contributed by atoms with Gasteiger partial charge in [-0.3, -0.25) is 10.1 Å². The lowest BCUT2D eigenvalue weighted by Crippen LogP contribution is -2.20. The summed E-state index contributed by atoms with van der Waals surface area (Å²) in [6.45, 7) is 1.24. The molecule has 0 saturated heterocycles. The molecule has 0 N–H and O–H groups in total. The summed E-state index contributed by atoms with van der Waals surface area (Å²) in [6, 6.07) is 4.82. The fraction of sp³-hybridized carbons (Fsp3) is 0.400. The minimum absolute atomic E-state index is 0.00747. The highest BCUT2D eigenvalue weighted by atomic mass is 16.6. The van der Waals surface area contributed by atoms with Gasteiger partial charge in [-0.2, -0.15) is 0 Å². The molecule has 0 bridgehead atoms. The number of nitro groups is 1. The maximum absolute atomic E-state index is 11.2. The topological polar surface area (TPSA) is 81.9 Å². The second kappa shape index (κ2) is 8.78. The van der Waals surface area contributed by atoms with Crippen LogP contribution in [0.3, 0.4) is 0 Å². The number of methoxy groups -OCH3 is 2. The zero-order valence-electron chi connectivity index (χ0n) is 12.9. The smallest absolute Gasteiger partial charge is 0.330 e. The summed E-state index contributed by atoms with van der Waals surface area (Å²) in [6.07, 6.45) is 3.47. The Labute approximate surface area is 129 Å². The number of rotatable bonds is 8. The number of esters is 1. The number of nitro benzene ring substituents is 1.